The highest BCUT2D eigenvalue weighted by Gasteiger charge is 2.19. The lowest BCUT2D eigenvalue weighted by atomic mass is 10.2. The average molecular weight is 267 g/mol. The molecule has 5 nitrogen and oxygen atoms in total. The Labute approximate surface area is 113 Å². The fourth-order valence-corrected chi connectivity index (χ4v) is 1.58. The number of para-hydroxylation sites is 2. The van der Waals surface area contributed by atoms with Gasteiger partial charge in [-0.25, -0.2) is 0 Å². The number of benzene rings is 1. The van der Waals surface area contributed by atoms with Gasteiger partial charge in [0, 0.05) is 13.7 Å². The molecule has 19 heavy (non-hydrogen) atoms. The van der Waals surface area contributed by atoms with E-state index in [4.69, 9.17) is 14.2 Å². The van der Waals surface area contributed by atoms with Crippen LogP contribution in [0.3, 0.4) is 0 Å². The lowest BCUT2D eigenvalue weighted by Gasteiger charge is -2.18. The van der Waals surface area contributed by atoms with E-state index in [1.165, 1.54) is 0 Å². The van der Waals surface area contributed by atoms with E-state index in [1.54, 1.807) is 26.4 Å². The summed E-state index contributed by atoms with van der Waals surface area (Å²) in [5, 5.41) is 2.76. The van der Waals surface area contributed by atoms with Crippen molar-refractivity contribution in [1.29, 1.82) is 0 Å². The van der Waals surface area contributed by atoms with Gasteiger partial charge in [0.15, 0.2) is 17.6 Å². The van der Waals surface area contributed by atoms with Crippen LogP contribution in [0.1, 0.15) is 13.3 Å². The molecule has 1 N–H and O–H groups in total. The minimum Gasteiger partial charge on any atom is -0.493 e. The first-order chi connectivity index (χ1) is 9.22. The molecule has 0 aromatic heterocycles. The number of rotatable bonds is 8. The molecule has 1 atom stereocenters. The van der Waals surface area contributed by atoms with E-state index in [0.29, 0.717) is 31.1 Å². The Morgan fingerprint density at radius 1 is 1.26 bits per heavy atom. The maximum atomic E-state index is 11.9. The highest BCUT2D eigenvalue weighted by molar-refractivity contribution is 5.81. The normalized spacial score (nSPS) is 11.7. The Morgan fingerprint density at radius 3 is 2.53 bits per heavy atom. The third kappa shape index (κ3) is 4.79. The second kappa shape index (κ2) is 8.37. The van der Waals surface area contributed by atoms with Crippen LogP contribution in [-0.2, 0) is 9.53 Å². The molecule has 1 rings (SSSR count). The molecule has 0 aliphatic carbocycles. The van der Waals surface area contributed by atoms with Crippen LogP contribution in [0, 0.1) is 0 Å². The first-order valence-corrected chi connectivity index (χ1v) is 6.29. The number of hydrogen-bond acceptors (Lipinski definition) is 4. The van der Waals surface area contributed by atoms with Gasteiger partial charge in [-0.3, -0.25) is 4.79 Å². The molecule has 0 heterocycles. The summed E-state index contributed by atoms with van der Waals surface area (Å²) in [4.78, 5) is 11.9. The monoisotopic (exact) mass is 267 g/mol. The molecule has 0 saturated carbocycles. The van der Waals surface area contributed by atoms with Crippen LogP contribution in [0.15, 0.2) is 24.3 Å². The molecule has 0 bridgehead atoms. The van der Waals surface area contributed by atoms with E-state index >= 15 is 0 Å². The van der Waals surface area contributed by atoms with Crippen LogP contribution < -0.4 is 14.8 Å². The largest absolute Gasteiger partial charge is 0.493 e. The quantitative estimate of drug-likeness (QED) is 0.727. The minimum absolute atomic E-state index is 0.148. The van der Waals surface area contributed by atoms with E-state index in [2.05, 4.69) is 5.32 Å². The van der Waals surface area contributed by atoms with Gasteiger partial charge < -0.3 is 19.5 Å². The third-order valence-corrected chi connectivity index (χ3v) is 2.61. The summed E-state index contributed by atoms with van der Waals surface area (Å²) in [6.45, 7) is 2.86. The summed E-state index contributed by atoms with van der Waals surface area (Å²) in [5.74, 6) is 1.04. The number of amides is 1. The van der Waals surface area contributed by atoms with Crippen LogP contribution in [0.2, 0.25) is 0 Å². The van der Waals surface area contributed by atoms with Crippen molar-refractivity contribution in [2.45, 2.75) is 19.4 Å². The zero-order valence-electron chi connectivity index (χ0n) is 11.6. The van der Waals surface area contributed by atoms with Gasteiger partial charge in [-0.1, -0.05) is 19.1 Å². The van der Waals surface area contributed by atoms with Crippen molar-refractivity contribution < 1.29 is 19.0 Å². The summed E-state index contributed by atoms with van der Waals surface area (Å²) in [5.41, 5.74) is 0. The first-order valence-electron chi connectivity index (χ1n) is 6.29. The Morgan fingerprint density at radius 2 is 1.95 bits per heavy atom. The van der Waals surface area contributed by atoms with Gasteiger partial charge in [-0.05, 0) is 18.6 Å². The van der Waals surface area contributed by atoms with Crippen molar-refractivity contribution in [3.8, 4) is 11.5 Å². The van der Waals surface area contributed by atoms with Gasteiger partial charge in [0.25, 0.3) is 5.91 Å². The lowest BCUT2D eigenvalue weighted by molar-refractivity contribution is -0.128. The van der Waals surface area contributed by atoms with E-state index in [1.807, 2.05) is 19.1 Å². The molecule has 0 saturated heterocycles. The van der Waals surface area contributed by atoms with E-state index < -0.39 is 6.10 Å². The van der Waals surface area contributed by atoms with Crippen LogP contribution in [0.4, 0.5) is 0 Å². The molecule has 1 aromatic rings. The number of ether oxygens (including phenoxy) is 3. The lowest BCUT2D eigenvalue weighted by Crippen LogP contribution is -2.39. The first kappa shape index (κ1) is 15.3. The summed E-state index contributed by atoms with van der Waals surface area (Å²) in [6.07, 6.45) is 0.0461. The minimum atomic E-state index is -0.534. The van der Waals surface area contributed by atoms with Crippen molar-refractivity contribution >= 4 is 5.91 Å². The summed E-state index contributed by atoms with van der Waals surface area (Å²) >= 11 is 0. The van der Waals surface area contributed by atoms with Crippen molar-refractivity contribution in [3.05, 3.63) is 24.3 Å². The molecule has 0 fully saturated rings. The summed E-state index contributed by atoms with van der Waals surface area (Å²) in [6, 6.07) is 7.27. The zero-order valence-corrected chi connectivity index (χ0v) is 11.6. The molecule has 5 heteroatoms. The number of carbonyl (C=O) groups excluding carboxylic acids is 1. The number of hydrogen-bond donors (Lipinski definition) is 1. The number of carbonyl (C=O) groups is 1. The molecule has 106 valence electrons. The Bertz CT molecular complexity index is 395. The molecular formula is C14H21NO4. The van der Waals surface area contributed by atoms with Crippen molar-refractivity contribution in [1.82, 2.24) is 5.32 Å². The van der Waals surface area contributed by atoms with Crippen molar-refractivity contribution in [3.63, 3.8) is 0 Å². The van der Waals surface area contributed by atoms with Crippen LogP contribution in [-0.4, -0.2) is 39.4 Å². The molecule has 0 radical (unpaired) electrons. The molecule has 1 amide bonds. The second-order valence-electron chi connectivity index (χ2n) is 3.95. The Kier molecular flexibility index (Phi) is 6.74. The van der Waals surface area contributed by atoms with Crippen molar-refractivity contribution in [2.24, 2.45) is 0 Å². The summed E-state index contributed by atoms with van der Waals surface area (Å²) in [7, 11) is 3.16. The molecule has 0 unspecified atom stereocenters. The highest BCUT2D eigenvalue weighted by Crippen LogP contribution is 2.27. The predicted molar refractivity (Wildman–Crippen MR) is 72.6 cm³/mol. The van der Waals surface area contributed by atoms with Gasteiger partial charge in [-0.2, -0.15) is 0 Å². The number of nitrogens with one attached hydrogen (secondary N) is 1. The maximum Gasteiger partial charge on any atom is 0.261 e. The van der Waals surface area contributed by atoms with Gasteiger partial charge in [0.05, 0.1) is 13.7 Å². The highest BCUT2D eigenvalue weighted by atomic mass is 16.5. The molecular weight excluding hydrogens is 246 g/mol. The van der Waals surface area contributed by atoms with Crippen molar-refractivity contribution in [2.75, 3.05) is 27.4 Å². The molecule has 0 spiro atoms. The fraction of sp³-hybridized carbons (Fsp3) is 0.500. The van der Waals surface area contributed by atoms with E-state index in [0.717, 1.165) is 0 Å². The Balaban J connectivity index is 2.62. The fourth-order valence-electron chi connectivity index (χ4n) is 1.58. The van der Waals surface area contributed by atoms with Gasteiger partial charge >= 0.3 is 0 Å². The third-order valence-electron chi connectivity index (χ3n) is 2.61. The SMILES string of the molecule is CC[C@@H](Oc1ccccc1OC)C(=O)NCCOC. The zero-order chi connectivity index (χ0) is 14.1. The maximum absolute atomic E-state index is 11.9. The predicted octanol–water partition coefficient (Wildman–Crippen LogP) is 1.62. The van der Waals surface area contributed by atoms with Gasteiger partial charge in [-0.15, -0.1) is 0 Å². The van der Waals surface area contributed by atoms with Gasteiger partial charge in [0.1, 0.15) is 0 Å². The van der Waals surface area contributed by atoms with Gasteiger partial charge in [0.2, 0.25) is 0 Å². The van der Waals surface area contributed by atoms with Crippen LogP contribution >= 0.6 is 0 Å². The topological polar surface area (TPSA) is 56.8 Å². The number of methoxy groups -OCH3 is 2. The smallest absolute Gasteiger partial charge is 0.261 e. The molecule has 0 aliphatic rings. The van der Waals surface area contributed by atoms with E-state index in [9.17, 15) is 4.79 Å². The van der Waals surface area contributed by atoms with E-state index in [-0.39, 0.29) is 5.91 Å². The van der Waals surface area contributed by atoms with Crippen LogP contribution in [0.5, 0.6) is 11.5 Å². The Hall–Kier alpha value is -1.75. The molecule has 0 aliphatic heterocycles. The molecule has 1 aromatic carbocycles. The standard InChI is InChI=1S/C14H21NO4/c1-4-11(14(16)15-9-10-17-2)19-13-8-6-5-7-12(13)18-3/h5-8,11H,4,9-10H2,1-3H3,(H,15,16)/t11-/m1/s1. The van der Waals surface area contributed by atoms with Crippen LogP contribution in [0.25, 0.3) is 0 Å². The average Bonchev–Trinajstić information content (AvgIpc) is 2.45. The summed E-state index contributed by atoms with van der Waals surface area (Å²) < 4.78 is 15.8. The second-order valence-corrected chi connectivity index (χ2v) is 3.95.